The standard InChI is InChI=1S/C17H20N2OS/c1-13-5-7-14(8-6-13)3-2-4-17(20)19-15-9-11-16(21-18)12-10-15/h5-12H,2-4,18H2,1H3,(H,19,20). The highest BCUT2D eigenvalue weighted by atomic mass is 32.2. The first-order valence-electron chi connectivity index (χ1n) is 6.99. The number of hydrogen-bond donors (Lipinski definition) is 2. The van der Waals surface area contributed by atoms with Gasteiger partial charge in [0.25, 0.3) is 0 Å². The number of benzene rings is 2. The molecule has 0 aromatic heterocycles. The summed E-state index contributed by atoms with van der Waals surface area (Å²) in [5.41, 5.74) is 3.35. The van der Waals surface area contributed by atoms with Gasteiger partial charge in [-0.05, 0) is 61.5 Å². The van der Waals surface area contributed by atoms with Crippen LogP contribution < -0.4 is 10.5 Å². The molecule has 0 saturated heterocycles. The van der Waals surface area contributed by atoms with Crippen LogP contribution in [0.1, 0.15) is 24.0 Å². The molecule has 0 bridgehead atoms. The lowest BCUT2D eigenvalue weighted by Gasteiger charge is -2.06. The molecule has 0 spiro atoms. The summed E-state index contributed by atoms with van der Waals surface area (Å²) in [6.45, 7) is 2.08. The third-order valence-corrected chi connectivity index (χ3v) is 3.81. The Labute approximate surface area is 130 Å². The van der Waals surface area contributed by atoms with Crippen LogP contribution in [0.3, 0.4) is 0 Å². The average Bonchev–Trinajstić information content (AvgIpc) is 2.50. The van der Waals surface area contributed by atoms with Crippen molar-refractivity contribution >= 4 is 23.5 Å². The van der Waals surface area contributed by atoms with Crippen LogP contribution in [0.15, 0.2) is 53.4 Å². The molecule has 0 heterocycles. The number of rotatable bonds is 6. The van der Waals surface area contributed by atoms with Gasteiger partial charge in [0, 0.05) is 17.0 Å². The van der Waals surface area contributed by atoms with E-state index in [2.05, 4.69) is 36.5 Å². The Morgan fingerprint density at radius 1 is 1.10 bits per heavy atom. The molecule has 0 fully saturated rings. The molecule has 0 aliphatic carbocycles. The van der Waals surface area contributed by atoms with Crippen molar-refractivity contribution in [2.24, 2.45) is 5.14 Å². The summed E-state index contributed by atoms with van der Waals surface area (Å²) in [6.07, 6.45) is 2.31. The topological polar surface area (TPSA) is 55.1 Å². The van der Waals surface area contributed by atoms with E-state index in [1.807, 2.05) is 24.3 Å². The first-order valence-corrected chi connectivity index (χ1v) is 7.87. The maximum Gasteiger partial charge on any atom is 0.224 e. The van der Waals surface area contributed by atoms with E-state index in [9.17, 15) is 4.79 Å². The van der Waals surface area contributed by atoms with Crippen molar-refractivity contribution in [1.82, 2.24) is 0 Å². The zero-order valence-corrected chi connectivity index (χ0v) is 13.0. The normalized spacial score (nSPS) is 10.4. The third-order valence-electron chi connectivity index (χ3n) is 3.26. The van der Waals surface area contributed by atoms with Crippen LogP contribution in [0.25, 0.3) is 0 Å². The van der Waals surface area contributed by atoms with E-state index in [0.29, 0.717) is 6.42 Å². The highest BCUT2D eigenvalue weighted by Crippen LogP contribution is 2.16. The number of nitrogens with two attached hydrogens (primary N) is 1. The minimum absolute atomic E-state index is 0.0512. The zero-order chi connectivity index (χ0) is 15.1. The number of aryl methyl sites for hydroxylation is 2. The van der Waals surface area contributed by atoms with Gasteiger partial charge >= 0.3 is 0 Å². The minimum Gasteiger partial charge on any atom is -0.326 e. The maximum absolute atomic E-state index is 11.9. The number of anilines is 1. The van der Waals surface area contributed by atoms with Gasteiger partial charge in [0.1, 0.15) is 0 Å². The van der Waals surface area contributed by atoms with Crippen molar-refractivity contribution in [3.63, 3.8) is 0 Å². The fraction of sp³-hybridized carbons (Fsp3) is 0.235. The monoisotopic (exact) mass is 300 g/mol. The SMILES string of the molecule is Cc1ccc(CCCC(=O)Nc2ccc(SN)cc2)cc1. The Hall–Kier alpha value is -1.78. The van der Waals surface area contributed by atoms with Crippen LogP contribution in [-0.2, 0) is 11.2 Å². The van der Waals surface area contributed by atoms with Gasteiger partial charge < -0.3 is 5.32 Å². The summed E-state index contributed by atoms with van der Waals surface area (Å²) in [5, 5.41) is 8.36. The van der Waals surface area contributed by atoms with Gasteiger partial charge in [-0.3, -0.25) is 9.93 Å². The van der Waals surface area contributed by atoms with Crippen molar-refractivity contribution in [1.29, 1.82) is 0 Å². The molecule has 2 rings (SSSR count). The van der Waals surface area contributed by atoms with Gasteiger partial charge in [0.05, 0.1) is 0 Å². The van der Waals surface area contributed by atoms with Crippen LogP contribution >= 0.6 is 11.9 Å². The van der Waals surface area contributed by atoms with Crippen LogP contribution in [0.5, 0.6) is 0 Å². The van der Waals surface area contributed by atoms with E-state index in [1.54, 1.807) is 0 Å². The Bertz CT molecular complexity index is 579. The molecule has 3 nitrogen and oxygen atoms in total. The summed E-state index contributed by atoms with van der Waals surface area (Å²) in [7, 11) is 0. The third kappa shape index (κ3) is 5.25. The van der Waals surface area contributed by atoms with E-state index in [0.717, 1.165) is 23.4 Å². The van der Waals surface area contributed by atoms with Crippen LogP contribution in [0.4, 0.5) is 5.69 Å². The summed E-state index contributed by atoms with van der Waals surface area (Å²) in [6, 6.07) is 16.0. The predicted octanol–water partition coefficient (Wildman–Crippen LogP) is 3.92. The van der Waals surface area contributed by atoms with Gasteiger partial charge in [0.15, 0.2) is 0 Å². The number of carbonyl (C=O) groups excluding carboxylic acids is 1. The number of carbonyl (C=O) groups is 1. The van der Waals surface area contributed by atoms with Crippen LogP contribution in [-0.4, -0.2) is 5.91 Å². The van der Waals surface area contributed by atoms with Gasteiger partial charge in [-0.25, -0.2) is 0 Å². The van der Waals surface area contributed by atoms with E-state index in [-0.39, 0.29) is 5.91 Å². The van der Waals surface area contributed by atoms with Crippen LogP contribution in [0, 0.1) is 6.92 Å². The maximum atomic E-state index is 11.9. The molecule has 0 saturated carbocycles. The molecule has 4 heteroatoms. The second kappa shape index (κ2) is 7.86. The average molecular weight is 300 g/mol. The molecule has 21 heavy (non-hydrogen) atoms. The zero-order valence-electron chi connectivity index (χ0n) is 12.1. The van der Waals surface area contributed by atoms with E-state index < -0.39 is 0 Å². The molecule has 0 aliphatic heterocycles. The lowest BCUT2D eigenvalue weighted by molar-refractivity contribution is -0.116. The number of amides is 1. The van der Waals surface area contributed by atoms with E-state index in [4.69, 9.17) is 5.14 Å². The first kappa shape index (κ1) is 15.6. The van der Waals surface area contributed by atoms with Crippen molar-refractivity contribution in [2.45, 2.75) is 31.1 Å². The lowest BCUT2D eigenvalue weighted by atomic mass is 10.1. The molecular formula is C17H20N2OS. The summed E-state index contributed by atoms with van der Waals surface area (Å²) in [4.78, 5) is 12.8. The molecule has 1 amide bonds. The first-order chi connectivity index (χ1) is 10.2. The molecule has 0 unspecified atom stereocenters. The molecule has 110 valence electrons. The molecular weight excluding hydrogens is 280 g/mol. The molecule has 0 radical (unpaired) electrons. The van der Waals surface area contributed by atoms with E-state index in [1.165, 1.54) is 23.1 Å². The highest BCUT2D eigenvalue weighted by Gasteiger charge is 2.03. The Morgan fingerprint density at radius 2 is 1.76 bits per heavy atom. The second-order valence-corrected chi connectivity index (χ2v) is 5.74. The minimum atomic E-state index is 0.0512. The Kier molecular flexibility index (Phi) is 5.84. The summed E-state index contributed by atoms with van der Waals surface area (Å²) < 4.78 is 0. The molecule has 0 atom stereocenters. The quantitative estimate of drug-likeness (QED) is 0.795. The Morgan fingerprint density at radius 3 is 2.38 bits per heavy atom. The van der Waals surface area contributed by atoms with Crippen molar-refractivity contribution in [2.75, 3.05) is 5.32 Å². The lowest BCUT2D eigenvalue weighted by Crippen LogP contribution is -2.11. The number of hydrogen-bond acceptors (Lipinski definition) is 3. The molecule has 3 N–H and O–H groups in total. The number of nitrogens with one attached hydrogen (secondary N) is 1. The Balaban J connectivity index is 1.75. The molecule has 2 aromatic carbocycles. The molecule has 2 aromatic rings. The van der Waals surface area contributed by atoms with Crippen molar-refractivity contribution in [3.05, 3.63) is 59.7 Å². The van der Waals surface area contributed by atoms with Gasteiger partial charge in [-0.2, -0.15) is 0 Å². The predicted molar refractivity (Wildman–Crippen MR) is 89.2 cm³/mol. The van der Waals surface area contributed by atoms with E-state index >= 15 is 0 Å². The largest absolute Gasteiger partial charge is 0.326 e. The molecule has 0 aliphatic rings. The highest BCUT2D eigenvalue weighted by molar-refractivity contribution is 7.97. The summed E-state index contributed by atoms with van der Waals surface area (Å²) in [5.74, 6) is 0.0512. The van der Waals surface area contributed by atoms with Crippen molar-refractivity contribution in [3.8, 4) is 0 Å². The smallest absolute Gasteiger partial charge is 0.224 e. The second-order valence-electron chi connectivity index (χ2n) is 5.03. The van der Waals surface area contributed by atoms with Crippen molar-refractivity contribution < 1.29 is 4.79 Å². The van der Waals surface area contributed by atoms with Gasteiger partial charge in [-0.15, -0.1) is 0 Å². The van der Waals surface area contributed by atoms with Gasteiger partial charge in [-0.1, -0.05) is 29.8 Å². The van der Waals surface area contributed by atoms with Gasteiger partial charge in [0.2, 0.25) is 5.91 Å². The van der Waals surface area contributed by atoms with Crippen LogP contribution in [0.2, 0.25) is 0 Å². The fourth-order valence-electron chi connectivity index (χ4n) is 2.05. The fourth-order valence-corrected chi connectivity index (χ4v) is 2.34. The summed E-state index contributed by atoms with van der Waals surface area (Å²) >= 11 is 1.20.